The minimum Gasteiger partial charge on any atom is -0.772 e. The number of amides is 2. The molecular weight excluding hydrogens is 434 g/mol. The Labute approximate surface area is 188 Å². The second-order valence-electron chi connectivity index (χ2n) is 7.94. The van der Waals surface area contributed by atoms with Gasteiger partial charge in [-0.2, -0.15) is 0 Å². The summed E-state index contributed by atoms with van der Waals surface area (Å²) in [5, 5.41) is 14.0. The molecule has 2 heterocycles. The Kier molecular flexibility index (Phi) is 6.99. The Hall–Kier alpha value is -2.60. The van der Waals surface area contributed by atoms with Gasteiger partial charge in [0.2, 0.25) is 0 Å². The first kappa shape index (κ1) is 22.6. The maximum Gasteiger partial charge on any atom is 0.319 e. The van der Waals surface area contributed by atoms with Gasteiger partial charge in [-0.05, 0) is 37.1 Å². The molecule has 32 heavy (non-hydrogen) atoms. The van der Waals surface area contributed by atoms with Crippen molar-refractivity contribution in [3.8, 4) is 11.4 Å². The first-order chi connectivity index (χ1) is 15.5. The van der Waals surface area contributed by atoms with Gasteiger partial charge in [-0.3, -0.25) is 4.21 Å². The minimum atomic E-state index is -2.15. The Balaban J connectivity index is 1.61. The lowest BCUT2D eigenvalue weighted by molar-refractivity contribution is 0.122. The summed E-state index contributed by atoms with van der Waals surface area (Å²) in [6, 6.07) is 8.64. The van der Waals surface area contributed by atoms with Gasteiger partial charge < -0.3 is 29.9 Å². The third-order valence-electron chi connectivity index (χ3n) is 5.64. The van der Waals surface area contributed by atoms with Crippen molar-refractivity contribution in [3.63, 3.8) is 0 Å². The van der Waals surface area contributed by atoms with Gasteiger partial charge in [0.05, 0.1) is 25.5 Å². The molecule has 3 N–H and O–H groups in total. The largest absolute Gasteiger partial charge is 0.772 e. The lowest BCUT2D eigenvalue weighted by Crippen LogP contribution is -2.37. The molecule has 0 spiro atoms. The smallest absolute Gasteiger partial charge is 0.319 e. The number of benzene rings is 1. The standard InChI is InChI=1S/C21H27N5O5S/c27-10-7-22-20(28)23-16-3-1-15(2-4-16)19-24-17(21(5-6-21)14-32(29)30)13-18(25-19)26-8-11-31-12-9-26/h1-4,13,27H,5-12,14H2,(H,29,30)(H2,22,23,28)/p-1. The molecule has 2 aromatic rings. The highest BCUT2D eigenvalue weighted by Gasteiger charge is 2.46. The molecule has 11 heteroatoms. The van der Waals surface area contributed by atoms with Crippen LogP contribution in [0.15, 0.2) is 30.3 Å². The van der Waals surface area contributed by atoms with Gasteiger partial charge in [0.1, 0.15) is 5.82 Å². The van der Waals surface area contributed by atoms with E-state index in [9.17, 15) is 13.6 Å². The molecule has 1 unspecified atom stereocenters. The van der Waals surface area contributed by atoms with Crippen LogP contribution in [-0.4, -0.2) is 75.1 Å². The number of rotatable bonds is 8. The van der Waals surface area contributed by atoms with Crippen molar-refractivity contribution in [2.75, 3.05) is 55.4 Å². The quantitative estimate of drug-likeness (QED) is 0.496. The fourth-order valence-corrected chi connectivity index (χ4v) is 4.58. The molecule has 1 aliphatic carbocycles. The summed E-state index contributed by atoms with van der Waals surface area (Å²) >= 11 is -2.15. The highest BCUT2D eigenvalue weighted by molar-refractivity contribution is 7.79. The molecule has 0 bridgehead atoms. The second kappa shape index (κ2) is 9.90. The van der Waals surface area contributed by atoms with E-state index in [1.807, 2.05) is 18.2 Å². The molecule has 1 aromatic heterocycles. The Bertz CT molecular complexity index is 977. The zero-order chi connectivity index (χ0) is 22.6. The Morgan fingerprint density at radius 1 is 1.22 bits per heavy atom. The average Bonchev–Trinajstić information content (AvgIpc) is 3.58. The third-order valence-corrected chi connectivity index (χ3v) is 6.43. The number of aromatic nitrogens is 2. The average molecular weight is 461 g/mol. The highest BCUT2D eigenvalue weighted by atomic mass is 32.2. The molecule has 0 radical (unpaired) electrons. The fourth-order valence-electron chi connectivity index (χ4n) is 3.69. The van der Waals surface area contributed by atoms with Crippen LogP contribution in [0.2, 0.25) is 0 Å². The molecule has 1 saturated heterocycles. The van der Waals surface area contributed by atoms with Crippen LogP contribution in [0.25, 0.3) is 11.4 Å². The van der Waals surface area contributed by atoms with Crippen LogP contribution in [0.3, 0.4) is 0 Å². The monoisotopic (exact) mass is 460 g/mol. The first-order valence-electron chi connectivity index (χ1n) is 10.5. The van der Waals surface area contributed by atoms with Crippen LogP contribution in [0.5, 0.6) is 0 Å². The van der Waals surface area contributed by atoms with Crippen molar-refractivity contribution in [2.45, 2.75) is 18.3 Å². The van der Waals surface area contributed by atoms with Crippen LogP contribution >= 0.6 is 0 Å². The van der Waals surface area contributed by atoms with E-state index in [1.165, 1.54) is 0 Å². The van der Waals surface area contributed by atoms with E-state index in [-0.39, 0.29) is 18.9 Å². The molecule has 172 valence electrons. The fraction of sp³-hybridized carbons (Fsp3) is 0.476. The second-order valence-corrected chi connectivity index (χ2v) is 8.84. The van der Waals surface area contributed by atoms with E-state index in [2.05, 4.69) is 15.5 Å². The van der Waals surface area contributed by atoms with Crippen molar-refractivity contribution in [1.82, 2.24) is 15.3 Å². The number of aliphatic hydroxyl groups is 1. The van der Waals surface area contributed by atoms with Crippen LogP contribution in [-0.2, 0) is 21.2 Å². The number of nitrogens with zero attached hydrogens (tertiary/aromatic N) is 3. The normalized spacial score (nSPS) is 18.1. The maximum atomic E-state index is 11.8. The third kappa shape index (κ3) is 5.41. The summed E-state index contributed by atoms with van der Waals surface area (Å²) in [5.41, 5.74) is 1.66. The van der Waals surface area contributed by atoms with Gasteiger partial charge in [0, 0.05) is 48.1 Å². The molecule has 4 rings (SSSR count). The van der Waals surface area contributed by atoms with E-state index in [0.29, 0.717) is 37.8 Å². The predicted molar refractivity (Wildman–Crippen MR) is 119 cm³/mol. The SMILES string of the molecule is O=C(NCCO)Nc1ccc(-c2nc(N3CCOCC3)cc(C3(CS(=O)[O-])CC3)n2)cc1. The number of carbonyl (C=O) groups is 1. The number of hydrogen-bond acceptors (Lipinski definition) is 8. The lowest BCUT2D eigenvalue weighted by atomic mass is 10.0. The predicted octanol–water partition coefficient (Wildman–Crippen LogP) is 1.00. The van der Waals surface area contributed by atoms with Crippen LogP contribution in [0.4, 0.5) is 16.3 Å². The molecule has 1 atom stereocenters. The summed E-state index contributed by atoms with van der Waals surface area (Å²) in [7, 11) is 0. The summed E-state index contributed by atoms with van der Waals surface area (Å²) in [4.78, 5) is 23.4. The van der Waals surface area contributed by atoms with Crippen molar-refractivity contribution in [1.29, 1.82) is 0 Å². The van der Waals surface area contributed by atoms with E-state index >= 15 is 0 Å². The zero-order valence-corrected chi connectivity index (χ0v) is 18.4. The van der Waals surface area contributed by atoms with E-state index in [0.717, 1.165) is 29.9 Å². The number of nitrogens with one attached hydrogen (secondary N) is 2. The Morgan fingerprint density at radius 2 is 1.94 bits per heavy atom. The van der Waals surface area contributed by atoms with Gasteiger partial charge in [-0.15, -0.1) is 0 Å². The molecule has 10 nitrogen and oxygen atoms in total. The summed E-state index contributed by atoms with van der Waals surface area (Å²) in [6.45, 7) is 2.69. The molecule has 1 saturated carbocycles. The molecule has 2 aliphatic rings. The van der Waals surface area contributed by atoms with Crippen LogP contribution in [0.1, 0.15) is 18.5 Å². The van der Waals surface area contributed by atoms with Crippen molar-refractivity contribution >= 4 is 28.6 Å². The van der Waals surface area contributed by atoms with Crippen LogP contribution in [0, 0.1) is 0 Å². The minimum absolute atomic E-state index is 0.0534. The number of ether oxygens (including phenoxy) is 1. The van der Waals surface area contributed by atoms with Crippen molar-refractivity contribution in [3.05, 3.63) is 36.0 Å². The van der Waals surface area contributed by atoms with Crippen LogP contribution < -0.4 is 15.5 Å². The topological polar surface area (TPSA) is 140 Å². The number of aliphatic hydroxyl groups excluding tert-OH is 1. The van der Waals surface area contributed by atoms with E-state index in [1.54, 1.807) is 12.1 Å². The zero-order valence-electron chi connectivity index (χ0n) is 17.6. The summed E-state index contributed by atoms with van der Waals surface area (Å²) < 4.78 is 28.3. The molecule has 2 fully saturated rings. The lowest BCUT2D eigenvalue weighted by Gasteiger charge is -2.29. The van der Waals surface area contributed by atoms with Crippen molar-refractivity contribution in [2.24, 2.45) is 0 Å². The molecule has 1 aromatic carbocycles. The number of morpholine rings is 1. The first-order valence-corrected chi connectivity index (χ1v) is 11.8. The molecular formula is C21H26N5O5S-. The summed E-state index contributed by atoms with van der Waals surface area (Å²) in [5.74, 6) is 1.34. The highest BCUT2D eigenvalue weighted by Crippen LogP contribution is 2.48. The number of carbonyl (C=O) groups excluding carboxylic acids is 1. The van der Waals surface area contributed by atoms with Gasteiger partial charge in [-0.1, -0.05) is 11.1 Å². The van der Waals surface area contributed by atoms with Gasteiger partial charge >= 0.3 is 6.03 Å². The van der Waals surface area contributed by atoms with Gasteiger partial charge in [-0.25, -0.2) is 14.8 Å². The maximum absolute atomic E-state index is 11.8. The number of hydrogen-bond donors (Lipinski definition) is 3. The van der Waals surface area contributed by atoms with Crippen molar-refractivity contribution < 1.29 is 23.4 Å². The van der Waals surface area contributed by atoms with Gasteiger partial charge in [0.25, 0.3) is 0 Å². The molecule has 2 amide bonds. The van der Waals surface area contributed by atoms with Gasteiger partial charge in [0.15, 0.2) is 5.82 Å². The number of urea groups is 1. The van der Waals surface area contributed by atoms with E-state index in [4.69, 9.17) is 19.8 Å². The number of anilines is 2. The van der Waals surface area contributed by atoms with E-state index < -0.39 is 22.5 Å². The summed E-state index contributed by atoms with van der Waals surface area (Å²) in [6.07, 6.45) is 1.57. The molecule has 1 aliphatic heterocycles. The Morgan fingerprint density at radius 3 is 2.56 bits per heavy atom.